The summed E-state index contributed by atoms with van der Waals surface area (Å²) >= 11 is 0. The number of aromatic amines is 1. The number of nitrogens with one attached hydrogen (secondary N) is 1. The minimum absolute atomic E-state index is 0.115. The van der Waals surface area contributed by atoms with E-state index in [9.17, 15) is 14.7 Å². The third-order valence-electron chi connectivity index (χ3n) is 6.47. The van der Waals surface area contributed by atoms with Crippen molar-refractivity contribution < 1.29 is 14.7 Å². The number of nitrogens with zero attached hydrogens (tertiary/aromatic N) is 5. The first-order chi connectivity index (χ1) is 17.4. The second-order valence-corrected chi connectivity index (χ2v) is 9.09. The number of carboxylic acids is 1. The molecule has 36 heavy (non-hydrogen) atoms. The van der Waals surface area contributed by atoms with Gasteiger partial charge in [-0.1, -0.05) is 30.3 Å². The lowest BCUT2D eigenvalue weighted by Crippen LogP contribution is -2.24. The summed E-state index contributed by atoms with van der Waals surface area (Å²) in [6, 6.07) is 18.9. The largest absolute Gasteiger partial charge is 0.477 e. The van der Waals surface area contributed by atoms with Gasteiger partial charge in [0, 0.05) is 22.5 Å². The molecule has 3 aromatic heterocycles. The van der Waals surface area contributed by atoms with Gasteiger partial charge in [0.15, 0.2) is 5.82 Å². The molecule has 1 aliphatic rings. The highest BCUT2D eigenvalue weighted by molar-refractivity contribution is 6.10. The number of rotatable bonds is 5. The van der Waals surface area contributed by atoms with E-state index in [0.717, 1.165) is 27.6 Å². The molecule has 2 aromatic carbocycles. The molecule has 0 saturated heterocycles. The van der Waals surface area contributed by atoms with Crippen LogP contribution in [0.25, 0.3) is 33.5 Å². The Morgan fingerprint density at radius 1 is 1.06 bits per heavy atom. The van der Waals surface area contributed by atoms with E-state index in [-0.39, 0.29) is 17.6 Å². The van der Waals surface area contributed by atoms with Gasteiger partial charge >= 0.3 is 5.97 Å². The number of aromatic nitrogens is 5. The monoisotopic (exact) mass is 478 g/mol. The van der Waals surface area contributed by atoms with Crippen LogP contribution in [0.3, 0.4) is 0 Å². The summed E-state index contributed by atoms with van der Waals surface area (Å²) in [5.41, 5.74) is 4.85. The molecule has 1 aliphatic heterocycles. The number of fused-ring (bicyclic) bond motifs is 2. The number of hydrogen-bond donors (Lipinski definition) is 2. The zero-order valence-corrected chi connectivity index (χ0v) is 19.6. The molecule has 178 valence electrons. The summed E-state index contributed by atoms with van der Waals surface area (Å²) in [5.74, 6) is 0.0978. The van der Waals surface area contributed by atoms with Crippen LogP contribution in [-0.2, 0) is 6.54 Å². The predicted octanol–water partition coefficient (Wildman–Crippen LogP) is 4.93. The van der Waals surface area contributed by atoms with Gasteiger partial charge in [0.1, 0.15) is 23.5 Å². The quantitative estimate of drug-likeness (QED) is 0.370. The van der Waals surface area contributed by atoms with Crippen LogP contribution >= 0.6 is 0 Å². The summed E-state index contributed by atoms with van der Waals surface area (Å²) in [4.78, 5) is 34.0. The molecule has 4 heterocycles. The number of H-pyrrole nitrogens is 1. The Hall–Kier alpha value is -4.79. The topological polar surface area (TPSA) is 117 Å². The van der Waals surface area contributed by atoms with Gasteiger partial charge in [-0.2, -0.15) is 0 Å². The van der Waals surface area contributed by atoms with Gasteiger partial charge in [0.05, 0.1) is 6.54 Å². The maximum absolute atomic E-state index is 13.4. The Kier molecular flexibility index (Phi) is 4.92. The predicted molar refractivity (Wildman–Crippen MR) is 135 cm³/mol. The fourth-order valence-corrected chi connectivity index (χ4v) is 4.59. The van der Waals surface area contributed by atoms with Gasteiger partial charge < -0.3 is 14.7 Å². The highest BCUT2D eigenvalue weighted by Crippen LogP contribution is 2.33. The molecule has 0 spiro atoms. The fourth-order valence-electron chi connectivity index (χ4n) is 4.59. The maximum atomic E-state index is 13.4. The van der Waals surface area contributed by atoms with Crippen molar-refractivity contribution in [2.24, 2.45) is 0 Å². The van der Waals surface area contributed by atoms with Crippen LogP contribution in [0.2, 0.25) is 0 Å². The van der Waals surface area contributed by atoms with Gasteiger partial charge in [0.2, 0.25) is 0 Å². The molecule has 6 rings (SSSR count). The molecule has 0 fully saturated rings. The number of hydrogen-bond acceptors (Lipinski definition) is 5. The van der Waals surface area contributed by atoms with Gasteiger partial charge in [-0.05, 0) is 60.9 Å². The lowest BCUT2D eigenvalue weighted by atomic mass is 9.99. The van der Waals surface area contributed by atoms with Crippen molar-refractivity contribution in [1.29, 1.82) is 0 Å². The van der Waals surface area contributed by atoms with E-state index in [1.165, 1.54) is 0 Å². The molecule has 2 N–H and O–H groups in total. The molecular formula is C27H22N6O3. The third-order valence-corrected chi connectivity index (χ3v) is 6.47. The number of anilines is 1. The molecule has 0 radical (unpaired) electrons. The number of carboxylic acid groups (broad SMARTS) is 1. The second kappa shape index (κ2) is 8.16. The van der Waals surface area contributed by atoms with E-state index in [2.05, 4.69) is 15.2 Å². The minimum Gasteiger partial charge on any atom is -0.477 e. The zero-order chi connectivity index (χ0) is 25.0. The summed E-state index contributed by atoms with van der Waals surface area (Å²) in [6.07, 6.45) is 1.68. The van der Waals surface area contributed by atoms with E-state index in [1.807, 2.05) is 73.0 Å². The van der Waals surface area contributed by atoms with Crippen LogP contribution in [0.15, 0.2) is 67.0 Å². The second-order valence-electron chi connectivity index (χ2n) is 9.09. The third kappa shape index (κ3) is 3.52. The van der Waals surface area contributed by atoms with Gasteiger partial charge in [0.25, 0.3) is 5.91 Å². The van der Waals surface area contributed by atoms with E-state index in [4.69, 9.17) is 4.98 Å². The number of carbonyl (C=O) groups is 2. The van der Waals surface area contributed by atoms with E-state index >= 15 is 0 Å². The average molecular weight is 479 g/mol. The highest BCUT2D eigenvalue weighted by Gasteiger charge is 2.30. The molecule has 9 nitrogen and oxygen atoms in total. The molecule has 5 aromatic rings. The van der Waals surface area contributed by atoms with Crippen molar-refractivity contribution in [3.05, 3.63) is 83.8 Å². The summed E-state index contributed by atoms with van der Waals surface area (Å²) in [7, 11) is 0. The average Bonchev–Trinajstić information content (AvgIpc) is 3.61. The van der Waals surface area contributed by atoms with Gasteiger partial charge in [-0.3, -0.25) is 9.69 Å². The zero-order valence-electron chi connectivity index (χ0n) is 19.6. The Balaban J connectivity index is 1.32. The summed E-state index contributed by atoms with van der Waals surface area (Å²) in [6.45, 7) is 4.53. The van der Waals surface area contributed by atoms with E-state index in [1.54, 1.807) is 17.3 Å². The van der Waals surface area contributed by atoms with Crippen molar-refractivity contribution in [3.63, 3.8) is 0 Å². The van der Waals surface area contributed by atoms with E-state index in [0.29, 0.717) is 29.4 Å². The minimum atomic E-state index is -1.00. The van der Waals surface area contributed by atoms with Crippen LogP contribution in [0.4, 0.5) is 5.82 Å². The van der Waals surface area contributed by atoms with Gasteiger partial charge in [-0.15, -0.1) is 10.2 Å². The lowest BCUT2D eigenvalue weighted by molar-refractivity contribution is 0.0691. The highest BCUT2D eigenvalue weighted by atomic mass is 16.4. The first-order valence-corrected chi connectivity index (χ1v) is 11.6. The number of carbonyl (C=O) groups excluding carboxylic acids is 1. The maximum Gasteiger partial charge on any atom is 0.352 e. The first-order valence-electron chi connectivity index (χ1n) is 11.6. The van der Waals surface area contributed by atoms with Crippen molar-refractivity contribution >= 4 is 28.6 Å². The van der Waals surface area contributed by atoms with Crippen molar-refractivity contribution in [2.75, 3.05) is 4.90 Å². The van der Waals surface area contributed by atoms with Crippen molar-refractivity contribution in [1.82, 2.24) is 24.7 Å². The molecular weight excluding hydrogens is 456 g/mol. The van der Waals surface area contributed by atoms with Crippen molar-refractivity contribution in [3.8, 4) is 22.6 Å². The van der Waals surface area contributed by atoms with Crippen LogP contribution < -0.4 is 4.90 Å². The molecule has 0 aliphatic carbocycles. The van der Waals surface area contributed by atoms with Crippen LogP contribution in [0.1, 0.15) is 46.3 Å². The fraction of sp³-hybridized carbons (Fsp3) is 0.148. The number of amides is 1. The molecule has 0 atom stereocenters. The Bertz CT molecular complexity index is 1670. The van der Waals surface area contributed by atoms with Crippen molar-refractivity contribution in [2.45, 2.75) is 26.4 Å². The Morgan fingerprint density at radius 2 is 1.86 bits per heavy atom. The van der Waals surface area contributed by atoms with E-state index < -0.39 is 5.97 Å². The molecule has 0 unspecified atom stereocenters. The molecule has 0 bridgehead atoms. The molecule has 0 saturated carbocycles. The van der Waals surface area contributed by atoms with Gasteiger partial charge in [-0.25, -0.2) is 9.78 Å². The number of benzene rings is 2. The first kappa shape index (κ1) is 21.7. The lowest BCUT2D eigenvalue weighted by Gasteiger charge is -2.16. The molecule has 1 amide bonds. The Labute approximate surface area is 206 Å². The smallest absolute Gasteiger partial charge is 0.352 e. The summed E-state index contributed by atoms with van der Waals surface area (Å²) < 4.78 is 1.94. The van der Waals surface area contributed by atoms with Crippen LogP contribution in [0, 0.1) is 0 Å². The number of aromatic carboxylic acids is 1. The Morgan fingerprint density at radius 3 is 2.67 bits per heavy atom. The summed E-state index contributed by atoms with van der Waals surface area (Å²) in [5, 5.41) is 18.3. The normalized spacial score (nSPS) is 13.1. The van der Waals surface area contributed by atoms with Crippen LogP contribution in [0.5, 0.6) is 0 Å². The standard InChI is InChI=1S/C27H22N6O3/c1-15(2)33-14-28-31-25(33)21-4-3-5-24(30-21)32-13-19-9-7-16(10-20(19)26(32)34)17-6-8-18-12-23(27(35)36)29-22(18)11-17/h3-12,14-15,29H,13H2,1-2H3,(H,35,36). The van der Waals surface area contributed by atoms with Crippen LogP contribution in [-0.4, -0.2) is 41.7 Å². The molecule has 9 heteroatoms. The SMILES string of the molecule is CC(C)n1cnnc1-c1cccc(N2Cc3ccc(-c4ccc5cc(C(=O)O)[nH]c5c4)cc3C2=O)n1. The number of pyridine rings is 1.